The van der Waals surface area contributed by atoms with Crippen LogP contribution in [0.25, 0.3) is 6.08 Å². The second-order valence-electron chi connectivity index (χ2n) is 4.83. The standard InChI is InChI=1S/C16H23NO/c1-2-11-17-12-4-3-6-14-7-5-8-16(13-14)18-15-9-10-15/h3,5-8,13,15,17H,2,4,9-12H2,1H3/b6-3+. The van der Waals surface area contributed by atoms with Gasteiger partial charge in [-0.2, -0.15) is 0 Å². The topological polar surface area (TPSA) is 21.3 Å². The van der Waals surface area contributed by atoms with Crippen molar-refractivity contribution in [1.82, 2.24) is 5.32 Å². The molecular formula is C16H23NO. The summed E-state index contributed by atoms with van der Waals surface area (Å²) in [5, 5.41) is 3.39. The average molecular weight is 245 g/mol. The number of rotatable bonds is 8. The van der Waals surface area contributed by atoms with Crippen LogP contribution in [0.4, 0.5) is 0 Å². The van der Waals surface area contributed by atoms with Gasteiger partial charge in [0.2, 0.25) is 0 Å². The maximum Gasteiger partial charge on any atom is 0.120 e. The van der Waals surface area contributed by atoms with Gasteiger partial charge in [-0.3, -0.25) is 0 Å². The van der Waals surface area contributed by atoms with E-state index in [1.165, 1.54) is 24.8 Å². The van der Waals surface area contributed by atoms with Gasteiger partial charge in [0.15, 0.2) is 0 Å². The van der Waals surface area contributed by atoms with E-state index in [2.05, 4.69) is 42.6 Å². The van der Waals surface area contributed by atoms with Gasteiger partial charge in [-0.05, 0) is 56.5 Å². The third-order valence-electron chi connectivity index (χ3n) is 2.91. The van der Waals surface area contributed by atoms with E-state index in [9.17, 15) is 0 Å². The summed E-state index contributed by atoms with van der Waals surface area (Å²) in [6.07, 6.45) is 9.57. The molecule has 0 unspecified atom stereocenters. The highest BCUT2D eigenvalue weighted by molar-refractivity contribution is 5.51. The van der Waals surface area contributed by atoms with Crippen molar-refractivity contribution in [2.75, 3.05) is 13.1 Å². The van der Waals surface area contributed by atoms with Gasteiger partial charge in [0.25, 0.3) is 0 Å². The number of ether oxygens (including phenoxy) is 1. The van der Waals surface area contributed by atoms with Crippen LogP contribution in [0.2, 0.25) is 0 Å². The normalized spacial score (nSPS) is 15.2. The van der Waals surface area contributed by atoms with E-state index in [0.29, 0.717) is 6.10 Å². The Hall–Kier alpha value is -1.28. The highest BCUT2D eigenvalue weighted by Gasteiger charge is 2.23. The Labute approximate surface area is 110 Å². The largest absolute Gasteiger partial charge is 0.490 e. The Morgan fingerprint density at radius 2 is 2.22 bits per heavy atom. The summed E-state index contributed by atoms with van der Waals surface area (Å²) in [6.45, 7) is 4.36. The highest BCUT2D eigenvalue weighted by atomic mass is 16.5. The molecule has 2 rings (SSSR count). The molecular weight excluding hydrogens is 222 g/mol. The van der Waals surface area contributed by atoms with Gasteiger partial charge in [0.1, 0.15) is 5.75 Å². The monoisotopic (exact) mass is 245 g/mol. The van der Waals surface area contributed by atoms with E-state index in [4.69, 9.17) is 4.74 Å². The lowest BCUT2D eigenvalue weighted by atomic mass is 10.2. The number of hydrogen-bond acceptors (Lipinski definition) is 2. The van der Waals surface area contributed by atoms with E-state index < -0.39 is 0 Å². The first-order valence-corrected chi connectivity index (χ1v) is 7.02. The van der Waals surface area contributed by atoms with Gasteiger partial charge in [-0.25, -0.2) is 0 Å². The first-order valence-electron chi connectivity index (χ1n) is 7.02. The van der Waals surface area contributed by atoms with Crippen LogP contribution in [0, 0.1) is 0 Å². The van der Waals surface area contributed by atoms with Crippen LogP contribution >= 0.6 is 0 Å². The number of hydrogen-bond donors (Lipinski definition) is 1. The molecule has 1 aliphatic carbocycles. The summed E-state index contributed by atoms with van der Waals surface area (Å²) in [4.78, 5) is 0. The van der Waals surface area contributed by atoms with Crippen LogP contribution in [0.3, 0.4) is 0 Å². The van der Waals surface area contributed by atoms with Crippen molar-refractivity contribution in [3.8, 4) is 5.75 Å². The van der Waals surface area contributed by atoms with Gasteiger partial charge in [-0.1, -0.05) is 31.2 Å². The summed E-state index contributed by atoms with van der Waals surface area (Å²) >= 11 is 0. The molecule has 2 heteroatoms. The predicted molar refractivity (Wildman–Crippen MR) is 76.9 cm³/mol. The number of benzene rings is 1. The maximum atomic E-state index is 5.78. The van der Waals surface area contributed by atoms with Gasteiger partial charge in [0.05, 0.1) is 6.10 Å². The van der Waals surface area contributed by atoms with Crippen molar-refractivity contribution in [2.45, 2.75) is 38.7 Å². The molecule has 1 N–H and O–H groups in total. The summed E-state index contributed by atoms with van der Waals surface area (Å²) in [5.74, 6) is 1.00. The SMILES string of the molecule is CCCNCC/C=C/c1cccc(OC2CC2)c1. The Bertz CT molecular complexity index is 382. The zero-order valence-corrected chi connectivity index (χ0v) is 11.2. The van der Waals surface area contributed by atoms with Crippen molar-refractivity contribution < 1.29 is 4.74 Å². The first-order chi connectivity index (χ1) is 8.88. The molecule has 1 aromatic rings. The molecule has 0 spiro atoms. The molecule has 0 heterocycles. The Morgan fingerprint density at radius 1 is 1.33 bits per heavy atom. The fourth-order valence-corrected chi connectivity index (χ4v) is 1.78. The molecule has 1 aliphatic rings. The van der Waals surface area contributed by atoms with Crippen LogP contribution in [0.15, 0.2) is 30.3 Å². The Kier molecular flexibility index (Phi) is 5.28. The quantitative estimate of drug-likeness (QED) is 0.706. The van der Waals surface area contributed by atoms with Crippen LogP contribution in [0.5, 0.6) is 5.75 Å². The predicted octanol–water partition coefficient (Wildman–Crippen LogP) is 3.63. The molecule has 0 saturated heterocycles. The molecule has 1 aromatic carbocycles. The molecule has 2 nitrogen and oxygen atoms in total. The molecule has 0 bridgehead atoms. The molecule has 1 saturated carbocycles. The van der Waals surface area contributed by atoms with E-state index in [1.807, 2.05) is 6.07 Å². The molecule has 0 amide bonds. The molecule has 18 heavy (non-hydrogen) atoms. The van der Waals surface area contributed by atoms with Crippen molar-refractivity contribution in [2.24, 2.45) is 0 Å². The van der Waals surface area contributed by atoms with Crippen LogP contribution in [-0.4, -0.2) is 19.2 Å². The van der Waals surface area contributed by atoms with E-state index in [1.54, 1.807) is 0 Å². The van der Waals surface area contributed by atoms with Gasteiger partial charge < -0.3 is 10.1 Å². The zero-order chi connectivity index (χ0) is 12.6. The fourth-order valence-electron chi connectivity index (χ4n) is 1.78. The Balaban J connectivity index is 1.75. The lowest BCUT2D eigenvalue weighted by molar-refractivity contribution is 0.303. The van der Waals surface area contributed by atoms with Crippen molar-refractivity contribution >= 4 is 6.08 Å². The highest BCUT2D eigenvalue weighted by Crippen LogP contribution is 2.27. The van der Waals surface area contributed by atoms with E-state index >= 15 is 0 Å². The second-order valence-corrected chi connectivity index (χ2v) is 4.83. The van der Waals surface area contributed by atoms with E-state index in [0.717, 1.165) is 25.3 Å². The van der Waals surface area contributed by atoms with Crippen molar-refractivity contribution in [3.05, 3.63) is 35.9 Å². The summed E-state index contributed by atoms with van der Waals surface area (Å²) < 4.78 is 5.78. The Morgan fingerprint density at radius 3 is 3.00 bits per heavy atom. The van der Waals surface area contributed by atoms with E-state index in [-0.39, 0.29) is 0 Å². The van der Waals surface area contributed by atoms with Crippen LogP contribution in [0.1, 0.15) is 38.2 Å². The lowest BCUT2D eigenvalue weighted by Gasteiger charge is -2.04. The average Bonchev–Trinajstić information content (AvgIpc) is 3.18. The molecule has 98 valence electrons. The molecule has 0 atom stereocenters. The summed E-state index contributed by atoms with van der Waals surface area (Å²) in [6, 6.07) is 8.34. The molecule has 0 aliphatic heterocycles. The minimum atomic E-state index is 0.475. The fraction of sp³-hybridized carbons (Fsp3) is 0.500. The zero-order valence-electron chi connectivity index (χ0n) is 11.2. The summed E-state index contributed by atoms with van der Waals surface area (Å²) in [7, 11) is 0. The third kappa shape index (κ3) is 4.92. The lowest BCUT2D eigenvalue weighted by Crippen LogP contribution is -2.14. The molecule has 0 radical (unpaired) electrons. The first kappa shape index (κ1) is 13.2. The minimum absolute atomic E-state index is 0.475. The maximum absolute atomic E-state index is 5.78. The van der Waals surface area contributed by atoms with Crippen molar-refractivity contribution in [3.63, 3.8) is 0 Å². The smallest absolute Gasteiger partial charge is 0.120 e. The van der Waals surface area contributed by atoms with Gasteiger partial charge >= 0.3 is 0 Å². The summed E-state index contributed by atoms with van der Waals surface area (Å²) in [5.41, 5.74) is 1.23. The van der Waals surface area contributed by atoms with Crippen LogP contribution < -0.4 is 10.1 Å². The van der Waals surface area contributed by atoms with Crippen LogP contribution in [-0.2, 0) is 0 Å². The minimum Gasteiger partial charge on any atom is -0.490 e. The molecule has 0 aromatic heterocycles. The van der Waals surface area contributed by atoms with Gasteiger partial charge in [0, 0.05) is 0 Å². The van der Waals surface area contributed by atoms with Gasteiger partial charge in [-0.15, -0.1) is 0 Å². The number of nitrogens with one attached hydrogen (secondary N) is 1. The second kappa shape index (κ2) is 7.22. The molecule has 1 fully saturated rings. The van der Waals surface area contributed by atoms with Crippen molar-refractivity contribution in [1.29, 1.82) is 0 Å². The third-order valence-corrected chi connectivity index (χ3v) is 2.91.